The van der Waals surface area contributed by atoms with Crippen LogP contribution in [-0.4, -0.2) is 24.9 Å². The Morgan fingerprint density at radius 1 is 1.35 bits per heavy atom. The van der Waals surface area contributed by atoms with Crippen LogP contribution in [0.4, 0.5) is 10.1 Å². The molecule has 20 heavy (non-hydrogen) atoms. The van der Waals surface area contributed by atoms with Gasteiger partial charge in [-0.05, 0) is 39.0 Å². The maximum atomic E-state index is 13.2. The van der Waals surface area contributed by atoms with Gasteiger partial charge in [-0.1, -0.05) is 11.8 Å². The first-order chi connectivity index (χ1) is 9.17. The second-order valence-corrected chi connectivity index (χ2v) is 7.62. The molecule has 0 unspecified atom stereocenters. The first kappa shape index (κ1) is 16.5. The second-order valence-electron chi connectivity index (χ2n) is 5.18. The molecule has 6 heteroatoms. The van der Waals surface area contributed by atoms with Gasteiger partial charge in [0.1, 0.15) is 5.82 Å². The fourth-order valence-electron chi connectivity index (χ4n) is 1.22. The number of hydrogen-bond acceptors (Lipinski definition) is 3. The van der Waals surface area contributed by atoms with Crippen molar-refractivity contribution in [1.29, 1.82) is 0 Å². The molecule has 1 rings (SSSR count). The van der Waals surface area contributed by atoms with Crippen LogP contribution in [0.15, 0.2) is 18.2 Å². The van der Waals surface area contributed by atoms with Crippen LogP contribution >= 0.6 is 0 Å². The minimum Gasteiger partial charge on any atom is -0.395 e. The van der Waals surface area contributed by atoms with Crippen LogP contribution in [0.3, 0.4) is 0 Å². The van der Waals surface area contributed by atoms with E-state index in [1.807, 2.05) is 0 Å². The predicted octanol–water partition coefficient (Wildman–Crippen LogP) is 2.10. The summed E-state index contributed by atoms with van der Waals surface area (Å²) in [5.41, 5.74) is 0.470. The minimum absolute atomic E-state index is 0.106. The maximum absolute atomic E-state index is 13.2. The number of halogens is 1. The second kappa shape index (κ2) is 6.25. The van der Waals surface area contributed by atoms with Crippen LogP contribution in [0.5, 0.6) is 0 Å². The first-order valence-electron chi connectivity index (χ1n) is 6.09. The normalized spacial score (nSPS) is 11.7. The van der Waals surface area contributed by atoms with E-state index in [0.29, 0.717) is 0 Å². The van der Waals surface area contributed by atoms with Gasteiger partial charge >= 0.3 is 0 Å². The van der Waals surface area contributed by atoms with Gasteiger partial charge in [0.05, 0.1) is 22.6 Å². The summed E-state index contributed by atoms with van der Waals surface area (Å²) >= 11 is 0. The molecule has 0 amide bonds. The quantitative estimate of drug-likeness (QED) is 0.840. The number of hydrogen-bond donors (Lipinski definition) is 2. The molecular formula is C14H18FNO3S. The van der Waals surface area contributed by atoms with Gasteiger partial charge in [-0.25, -0.2) is 12.8 Å². The Bertz CT molecular complexity index is 637. The van der Waals surface area contributed by atoms with E-state index in [2.05, 4.69) is 16.6 Å². The molecule has 110 valence electrons. The lowest BCUT2D eigenvalue weighted by molar-refractivity contribution is 0.305. The van der Waals surface area contributed by atoms with Crippen LogP contribution in [-0.2, 0) is 10.0 Å². The van der Waals surface area contributed by atoms with Gasteiger partial charge in [0.15, 0.2) is 0 Å². The van der Waals surface area contributed by atoms with Crippen molar-refractivity contribution in [3.05, 3.63) is 29.6 Å². The van der Waals surface area contributed by atoms with Crippen molar-refractivity contribution >= 4 is 15.7 Å². The molecule has 0 aliphatic carbocycles. The fourth-order valence-corrected chi connectivity index (χ4v) is 1.99. The van der Waals surface area contributed by atoms with Crippen LogP contribution in [0.25, 0.3) is 0 Å². The van der Waals surface area contributed by atoms with Crippen LogP contribution in [0, 0.1) is 17.7 Å². The molecule has 0 saturated carbocycles. The van der Waals surface area contributed by atoms with E-state index < -0.39 is 20.6 Å². The Morgan fingerprint density at radius 3 is 2.55 bits per heavy atom. The van der Waals surface area contributed by atoms with Crippen LogP contribution < -0.4 is 4.72 Å². The molecule has 4 nitrogen and oxygen atoms in total. The number of sulfonamides is 1. The molecule has 0 fully saturated rings. The summed E-state index contributed by atoms with van der Waals surface area (Å²) in [5, 5.41) is 8.67. The summed E-state index contributed by atoms with van der Waals surface area (Å²) in [4.78, 5) is 0. The van der Waals surface area contributed by atoms with Crippen molar-refractivity contribution in [3.8, 4) is 11.8 Å². The topological polar surface area (TPSA) is 66.4 Å². The molecular weight excluding hydrogens is 281 g/mol. The molecule has 1 aromatic carbocycles. The predicted molar refractivity (Wildman–Crippen MR) is 77.3 cm³/mol. The van der Waals surface area contributed by atoms with E-state index in [4.69, 9.17) is 5.11 Å². The lowest BCUT2D eigenvalue weighted by atomic mass is 10.2. The summed E-state index contributed by atoms with van der Waals surface area (Å²) in [6.45, 7) is 4.59. The van der Waals surface area contributed by atoms with Gasteiger partial charge in [-0.15, -0.1) is 0 Å². The molecule has 0 atom stereocenters. The van der Waals surface area contributed by atoms with E-state index in [1.54, 1.807) is 20.8 Å². The number of aliphatic hydroxyl groups excluding tert-OH is 1. The van der Waals surface area contributed by atoms with Crippen LogP contribution in [0.2, 0.25) is 0 Å². The van der Waals surface area contributed by atoms with Gasteiger partial charge in [0, 0.05) is 6.42 Å². The van der Waals surface area contributed by atoms with Gasteiger partial charge in [0.2, 0.25) is 10.0 Å². The summed E-state index contributed by atoms with van der Waals surface area (Å²) in [7, 11) is -3.61. The summed E-state index contributed by atoms with van der Waals surface area (Å²) in [5.74, 6) is 4.79. The van der Waals surface area contributed by atoms with E-state index in [-0.39, 0.29) is 24.3 Å². The standard InChI is InChI=1S/C14H18FNO3S/c1-14(2,3)20(18,19)16-13-8-7-12(15)10-11(13)6-4-5-9-17/h7-8,10,16-17H,5,9H2,1-3H3. The van der Waals surface area contributed by atoms with Gasteiger partial charge in [-0.3, -0.25) is 4.72 Å². The Morgan fingerprint density at radius 2 is 2.00 bits per heavy atom. The monoisotopic (exact) mass is 299 g/mol. The Labute approximate surface area is 119 Å². The van der Waals surface area contributed by atoms with Gasteiger partial charge in [-0.2, -0.15) is 0 Å². The van der Waals surface area contributed by atoms with Crippen LogP contribution in [0.1, 0.15) is 32.8 Å². The zero-order valence-corrected chi connectivity index (χ0v) is 12.5. The molecule has 0 radical (unpaired) electrons. The number of nitrogens with one attached hydrogen (secondary N) is 1. The van der Waals surface area contributed by atoms with Gasteiger partial charge in [0.25, 0.3) is 0 Å². The molecule has 0 spiro atoms. The van der Waals surface area contributed by atoms with Crippen molar-refractivity contribution in [2.45, 2.75) is 31.9 Å². The number of rotatable bonds is 3. The highest BCUT2D eigenvalue weighted by Gasteiger charge is 2.29. The van der Waals surface area contributed by atoms with Crippen molar-refractivity contribution in [1.82, 2.24) is 0 Å². The zero-order chi connectivity index (χ0) is 15.4. The average Bonchev–Trinajstić information content (AvgIpc) is 2.31. The highest BCUT2D eigenvalue weighted by molar-refractivity contribution is 7.94. The molecule has 0 aromatic heterocycles. The Kier molecular flexibility index (Phi) is 5.15. The third-order valence-corrected chi connectivity index (χ3v) is 4.59. The SMILES string of the molecule is CC(C)(C)S(=O)(=O)Nc1ccc(F)cc1C#CCCO. The van der Waals surface area contributed by atoms with Crippen molar-refractivity contribution in [2.75, 3.05) is 11.3 Å². The lowest BCUT2D eigenvalue weighted by Crippen LogP contribution is -2.33. The van der Waals surface area contributed by atoms with Crippen molar-refractivity contribution in [2.24, 2.45) is 0 Å². The first-order valence-corrected chi connectivity index (χ1v) is 7.57. The number of aliphatic hydroxyl groups is 1. The zero-order valence-electron chi connectivity index (χ0n) is 11.7. The molecule has 0 saturated heterocycles. The molecule has 2 N–H and O–H groups in total. The van der Waals surface area contributed by atoms with Gasteiger partial charge < -0.3 is 5.11 Å². The maximum Gasteiger partial charge on any atom is 0.237 e. The highest BCUT2D eigenvalue weighted by atomic mass is 32.2. The molecule has 0 bridgehead atoms. The lowest BCUT2D eigenvalue weighted by Gasteiger charge is -2.21. The molecule has 1 aromatic rings. The molecule has 0 heterocycles. The van der Waals surface area contributed by atoms with E-state index in [9.17, 15) is 12.8 Å². The smallest absolute Gasteiger partial charge is 0.237 e. The molecule has 0 aliphatic heterocycles. The largest absolute Gasteiger partial charge is 0.395 e. The Balaban J connectivity index is 3.17. The van der Waals surface area contributed by atoms with E-state index in [0.717, 1.165) is 12.1 Å². The highest BCUT2D eigenvalue weighted by Crippen LogP contribution is 2.22. The third-order valence-electron chi connectivity index (χ3n) is 2.49. The van der Waals surface area contributed by atoms with E-state index >= 15 is 0 Å². The van der Waals surface area contributed by atoms with Crippen molar-refractivity contribution in [3.63, 3.8) is 0 Å². The minimum atomic E-state index is -3.61. The third kappa shape index (κ3) is 4.22. The number of anilines is 1. The number of benzene rings is 1. The van der Waals surface area contributed by atoms with E-state index in [1.165, 1.54) is 6.07 Å². The Hall–Kier alpha value is -1.58. The summed E-state index contributed by atoms with van der Waals surface area (Å²) in [6, 6.07) is 3.66. The summed E-state index contributed by atoms with van der Waals surface area (Å²) in [6.07, 6.45) is 0.238. The summed E-state index contributed by atoms with van der Waals surface area (Å²) < 4.78 is 38.9. The average molecular weight is 299 g/mol. The molecule has 0 aliphatic rings. The van der Waals surface area contributed by atoms with Crippen molar-refractivity contribution < 1.29 is 17.9 Å². The fraction of sp³-hybridized carbons (Fsp3) is 0.429.